The summed E-state index contributed by atoms with van der Waals surface area (Å²) in [6.07, 6.45) is 1.80. The SMILES string of the molecule is CCOC(=O)c1c(CC)oc2c1C(=O)c1ncccc1C2=O. The number of pyridine rings is 1. The van der Waals surface area contributed by atoms with Crippen LogP contribution in [0.3, 0.4) is 0 Å². The van der Waals surface area contributed by atoms with Crippen LogP contribution >= 0.6 is 0 Å². The number of furan rings is 1. The number of aryl methyl sites for hydroxylation is 1. The second-order valence-corrected chi connectivity index (χ2v) is 4.74. The summed E-state index contributed by atoms with van der Waals surface area (Å²) in [6, 6.07) is 3.09. The van der Waals surface area contributed by atoms with Crippen LogP contribution < -0.4 is 0 Å². The topological polar surface area (TPSA) is 86.5 Å². The first-order valence-electron chi connectivity index (χ1n) is 6.97. The molecule has 0 fully saturated rings. The second kappa shape index (κ2) is 5.22. The lowest BCUT2D eigenvalue weighted by molar-refractivity contribution is 0.0521. The predicted molar refractivity (Wildman–Crippen MR) is 75.1 cm³/mol. The number of hydrogen-bond donors (Lipinski definition) is 0. The summed E-state index contributed by atoms with van der Waals surface area (Å²) in [5.41, 5.74) is 0.223. The van der Waals surface area contributed by atoms with Gasteiger partial charge in [0, 0.05) is 12.6 Å². The highest BCUT2D eigenvalue weighted by Gasteiger charge is 2.40. The predicted octanol–water partition coefficient (Wildman–Crippen LogP) is 2.19. The highest BCUT2D eigenvalue weighted by Crippen LogP contribution is 2.33. The third-order valence-electron chi connectivity index (χ3n) is 3.48. The molecule has 1 aliphatic rings. The summed E-state index contributed by atoms with van der Waals surface area (Å²) in [5.74, 6) is -1.42. The van der Waals surface area contributed by atoms with Crippen LogP contribution in [0.1, 0.15) is 62.1 Å². The van der Waals surface area contributed by atoms with Gasteiger partial charge in [0.15, 0.2) is 5.76 Å². The van der Waals surface area contributed by atoms with Crippen LogP contribution in [0.2, 0.25) is 0 Å². The number of carbonyl (C=O) groups excluding carboxylic acids is 3. The van der Waals surface area contributed by atoms with E-state index < -0.39 is 17.5 Å². The maximum atomic E-state index is 12.6. The van der Waals surface area contributed by atoms with Gasteiger partial charge in [-0.3, -0.25) is 14.6 Å². The van der Waals surface area contributed by atoms with Crippen LogP contribution in [-0.2, 0) is 11.2 Å². The molecule has 2 aromatic heterocycles. The highest BCUT2D eigenvalue weighted by molar-refractivity contribution is 6.29. The number of ether oxygens (including phenoxy) is 1. The number of hydrogen-bond acceptors (Lipinski definition) is 6. The molecule has 2 heterocycles. The van der Waals surface area contributed by atoms with E-state index in [9.17, 15) is 14.4 Å². The van der Waals surface area contributed by atoms with E-state index in [1.807, 2.05) is 0 Å². The van der Waals surface area contributed by atoms with Crippen molar-refractivity contribution >= 4 is 17.5 Å². The minimum Gasteiger partial charge on any atom is -0.462 e. The van der Waals surface area contributed by atoms with Crippen molar-refractivity contribution in [2.75, 3.05) is 6.61 Å². The van der Waals surface area contributed by atoms with Crippen LogP contribution in [0.4, 0.5) is 0 Å². The standard InChI is InChI=1S/C16H13NO5/c1-3-9-10(16(20)21-4-2)11-14(19)12-8(6-5-7-17-12)13(18)15(11)22-9/h5-7H,3-4H2,1-2H3. The molecule has 3 rings (SSSR count). The second-order valence-electron chi connectivity index (χ2n) is 4.74. The van der Waals surface area contributed by atoms with Gasteiger partial charge in [-0.2, -0.15) is 0 Å². The summed E-state index contributed by atoms with van der Waals surface area (Å²) < 4.78 is 10.5. The summed E-state index contributed by atoms with van der Waals surface area (Å²) in [4.78, 5) is 41.2. The Morgan fingerprint density at radius 1 is 1.27 bits per heavy atom. The van der Waals surface area contributed by atoms with E-state index in [0.717, 1.165) is 0 Å². The molecule has 0 aliphatic heterocycles. The van der Waals surface area contributed by atoms with Crippen molar-refractivity contribution in [3.8, 4) is 0 Å². The summed E-state index contributed by atoms with van der Waals surface area (Å²) in [6.45, 7) is 3.60. The highest BCUT2D eigenvalue weighted by atomic mass is 16.5. The number of aromatic nitrogens is 1. The molecule has 0 spiro atoms. The van der Waals surface area contributed by atoms with E-state index >= 15 is 0 Å². The molecule has 0 N–H and O–H groups in total. The lowest BCUT2D eigenvalue weighted by Gasteiger charge is -2.12. The average molecular weight is 299 g/mol. The Kier molecular flexibility index (Phi) is 3.36. The third-order valence-corrected chi connectivity index (χ3v) is 3.48. The summed E-state index contributed by atoms with van der Waals surface area (Å²) in [5, 5.41) is 0. The Morgan fingerprint density at radius 2 is 2.05 bits per heavy atom. The maximum absolute atomic E-state index is 12.6. The van der Waals surface area contributed by atoms with Crippen molar-refractivity contribution in [3.63, 3.8) is 0 Å². The minimum absolute atomic E-state index is 0.0356. The number of fused-ring (bicyclic) bond motifs is 2. The first kappa shape index (κ1) is 14.2. The molecule has 6 heteroatoms. The molecule has 2 aromatic rings. The Balaban J connectivity index is 2.26. The van der Waals surface area contributed by atoms with E-state index in [4.69, 9.17) is 9.15 Å². The molecule has 0 saturated carbocycles. The number of esters is 1. The van der Waals surface area contributed by atoms with Crippen molar-refractivity contribution in [1.29, 1.82) is 0 Å². The smallest absolute Gasteiger partial charge is 0.342 e. The quantitative estimate of drug-likeness (QED) is 0.689. The lowest BCUT2D eigenvalue weighted by atomic mass is 9.89. The van der Waals surface area contributed by atoms with Crippen LogP contribution in [0.5, 0.6) is 0 Å². The fraction of sp³-hybridized carbons (Fsp3) is 0.250. The molecule has 22 heavy (non-hydrogen) atoms. The van der Waals surface area contributed by atoms with Gasteiger partial charge in [-0.15, -0.1) is 0 Å². The Labute approximate surface area is 126 Å². The van der Waals surface area contributed by atoms with Gasteiger partial charge in [-0.05, 0) is 19.1 Å². The maximum Gasteiger partial charge on any atom is 0.342 e. The molecule has 0 bridgehead atoms. The fourth-order valence-electron chi connectivity index (χ4n) is 2.53. The zero-order valence-corrected chi connectivity index (χ0v) is 12.1. The number of carbonyl (C=O) groups is 3. The zero-order chi connectivity index (χ0) is 15.9. The van der Waals surface area contributed by atoms with Gasteiger partial charge in [0.25, 0.3) is 0 Å². The van der Waals surface area contributed by atoms with Crippen molar-refractivity contribution < 1.29 is 23.5 Å². The van der Waals surface area contributed by atoms with Gasteiger partial charge in [0.1, 0.15) is 17.0 Å². The third kappa shape index (κ3) is 1.88. The zero-order valence-electron chi connectivity index (χ0n) is 12.1. The normalized spacial score (nSPS) is 12.8. The van der Waals surface area contributed by atoms with Gasteiger partial charge < -0.3 is 9.15 Å². The molecule has 0 amide bonds. The summed E-state index contributed by atoms with van der Waals surface area (Å²) >= 11 is 0. The lowest BCUT2D eigenvalue weighted by Crippen LogP contribution is -2.23. The number of rotatable bonds is 3. The molecule has 6 nitrogen and oxygen atoms in total. The van der Waals surface area contributed by atoms with Crippen LogP contribution in [-0.4, -0.2) is 29.1 Å². The van der Waals surface area contributed by atoms with E-state index in [2.05, 4.69) is 4.98 Å². The van der Waals surface area contributed by atoms with Crippen LogP contribution in [0.25, 0.3) is 0 Å². The Bertz CT molecular complexity index is 803. The van der Waals surface area contributed by atoms with Crippen LogP contribution in [0.15, 0.2) is 22.7 Å². The summed E-state index contributed by atoms with van der Waals surface area (Å²) in [7, 11) is 0. The van der Waals surface area contributed by atoms with Gasteiger partial charge >= 0.3 is 5.97 Å². The average Bonchev–Trinajstić information content (AvgIpc) is 2.93. The van der Waals surface area contributed by atoms with E-state index in [0.29, 0.717) is 6.42 Å². The molecule has 0 unspecified atom stereocenters. The van der Waals surface area contributed by atoms with Crippen LogP contribution in [0, 0.1) is 0 Å². The first-order valence-corrected chi connectivity index (χ1v) is 6.97. The van der Waals surface area contributed by atoms with E-state index in [-0.39, 0.29) is 40.5 Å². The van der Waals surface area contributed by atoms with Crippen molar-refractivity contribution in [2.45, 2.75) is 20.3 Å². The van der Waals surface area contributed by atoms with Gasteiger partial charge in [0.2, 0.25) is 11.6 Å². The largest absolute Gasteiger partial charge is 0.462 e. The number of nitrogens with zero attached hydrogens (tertiary/aromatic N) is 1. The van der Waals surface area contributed by atoms with E-state index in [1.165, 1.54) is 12.3 Å². The molecule has 1 aliphatic carbocycles. The first-order chi connectivity index (χ1) is 10.6. The monoisotopic (exact) mass is 299 g/mol. The van der Waals surface area contributed by atoms with Crippen molar-refractivity contribution in [3.05, 3.63) is 52.2 Å². The fourth-order valence-corrected chi connectivity index (χ4v) is 2.53. The molecule has 0 aromatic carbocycles. The van der Waals surface area contributed by atoms with Gasteiger partial charge in [-0.25, -0.2) is 4.79 Å². The van der Waals surface area contributed by atoms with E-state index in [1.54, 1.807) is 19.9 Å². The minimum atomic E-state index is -0.662. The Hall–Kier alpha value is -2.76. The molecule has 0 saturated heterocycles. The molecule has 0 radical (unpaired) electrons. The molecular weight excluding hydrogens is 286 g/mol. The Morgan fingerprint density at radius 3 is 2.73 bits per heavy atom. The van der Waals surface area contributed by atoms with Crippen molar-refractivity contribution in [1.82, 2.24) is 4.98 Å². The van der Waals surface area contributed by atoms with Gasteiger partial charge in [-0.1, -0.05) is 6.92 Å². The molecular formula is C16H13NO5. The molecule has 0 atom stereocenters. The molecule has 112 valence electrons. The van der Waals surface area contributed by atoms with Gasteiger partial charge in [0.05, 0.1) is 17.7 Å². The number of ketones is 2. The van der Waals surface area contributed by atoms with Crippen molar-refractivity contribution in [2.24, 2.45) is 0 Å².